The molecule has 1 unspecified atom stereocenters. The van der Waals surface area contributed by atoms with Gasteiger partial charge in [0.05, 0.1) is 12.5 Å². The molecule has 88 valence electrons. The Bertz CT molecular complexity index is 404. The third kappa shape index (κ3) is 2.13. The summed E-state index contributed by atoms with van der Waals surface area (Å²) in [6.45, 7) is 4.06. The predicted octanol–water partition coefficient (Wildman–Crippen LogP) is 0.894. The highest BCUT2D eigenvalue weighted by molar-refractivity contribution is 7.99. The average molecular weight is 242 g/mol. The first-order valence-corrected chi connectivity index (χ1v) is 6.13. The van der Waals surface area contributed by atoms with Crippen molar-refractivity contribution < 1.29 is 9.90 Å². The van der Waals surface area contributed by atoms with Crippen LogP contribution in [0.15, 0.2) is 5.16 Å². The fourth-order valence-corrected chi connectivity index (χ4v) is 2.50. The van der Waals surface area contributed by atoms with E-state index in [2.05, 4.69) is 15.6 Å². The van der Waals surface area contributed by atoms with Crippen molar-refractivity contribution >= 4 is 17.7 Å². The number of thioether (sulfide) groups is 1. The second-order valence-electron chi connectivity index (χ2n) is 4.07. The first-order valence-electron chi connectivity index (χ1n) is 5.14. The van der Waals surface area contributed by atoms with Gasteiger partial charge in [-0.25, -0.2) is 4.68 Å². The van der Waals surface area contributed by atoms with Crippen molar-refractivity contribution in [2.24, 2.45) is 0 Å². The minimum Gasteiger partial charge on any atom is -0.481 e. The molecule has 1 atom stereocenters. The Hall–Kier alpha value is -1.24. The largest absolute Gasteiger partial charge is 0.481 e. The summed E-state index contributed by atoms with van der Waals surface area (Å²) in [5, 5.41) is 17.7. The number of carbonyl (C=O) groups is 1. The lowest BCUT2D eigenvalue weighted by Crippen LogP contribution is -2.37. The molecule has 0 saturated carbocycles. The number of rotatable bonds is 3. The Balaban J connectivity index is 2.17. The molecular weight excluding hydrogens is 228 g/mol. The number of aromatic nitrogens is 3. The maximum Gasteiger partial charge on any atom is 0.305 e. The highest BCUT2D eigenvalue weighted by Gasteiger charge is 2.25. The molecule has 6 nitrogen and oxygen atoms in total. The molecule has 1 aliphatic rings. The summed E-state index contributed by atoms with van der Waals surface area (Å²) in [7, 11) is 0. The highest BCUT2D eigenvalue weighted by Crippen LogP contribution is 2.25. The maximum atomic E-state index is 10.6. The third-order valence-electron chi connectivity index (χ3n) is 2.32. The standard InChI is InChI=1S/C9H14N4O2S/c1-5(2)8-10-11-9-13(8)12-6(4-16-9)3-7(14)15/h5-6,12H,3-4H2,1-2H3,(H,14,15). The molecule has 2 rings (SSSR count). The normalized spacial score (nSPS) is 19.3. The van der Waals surface area contributed by atoms with E-state index in [1.165, 1.54) is 0 Å². The van der Waals surface area contributed by atoms with E-state index < -0.39 is 5.97 Å². The van der Waals surface area contributed by atoms with Crippen molar-refractivity contribution in [3.63, 3.8) is 0 Å². The molecule has 2 heterocycles. The van der Waals surface area contributed by atoms with Crippen molar-refractivity contribution in [2.45, 2.75) is 37.4 Å². The first kappa shape index (κ1) is 11.3. The van der Waals surface area contributed by atoms with Gasteiger partial charge in [-0.15, -0.1) is 10.2 Å². The van der Waals surface area contributed by atoms with E-state index in [-0.39, 0.29) is 18.4 Å². The number of carboxylic acid groups (broad SMARTS) is 1. The molecule has 0 radical (unpaired) electrons. The van der Waals surface area contributed by atoms with Crippen LogP contribution in [0, 0.1) is 0 Å². The first-order chi connectivity index (χ1) is 7.58. The van der Waals surface area contributed by atoms with Crippen LogP contribution in [0.1, 0.15) is 32.0 Å². The summed E-state index contributed by atoms with van der Waals surface area (Å²) in [6.07, 6.45) is 0.113. The van der Waals surface area contributed by atoms with Gasteiger partial charge >= 0.3 is 5.97 Å². The summed E-state index contributed by atoms with van der Waals surface area (Å²) in [5.41, 5.74) is 3.15. The van der Waals surface area contributed by atoms with Gasteiger partial charge in [0.1, 0.15) is 0 Å². The topological polar surface area (TPSA) is 80.0 Å². The van der Waals surface area contributed by atoms with E-state index in [1.54, 1.807) is 11.8 Å². The minimum absolute atomic E-state index is 0.0662. The molecule has 1 aliphatic heterocycles. The van der Waals surface area contributed by atoms with Crippen LogP contribution in [0.4, 0.5) is 0 Å². The van der Waals surface area contributed by atoms with Crippen LogP contribution in [0.5, 0.6) is 0 Å². The van der Waals surface area contributed by atoms with Crippen molar-refractivity contribution in [2.75, 3.05) is 11.2 Å². The summed E-state index contributed by atoms with van der Waals surface area (Å²) in [5.74, 6) is 1.03. The lowest BCUT2D eigenvalue weighted by Gasteiger charge is -2.25. The number of carboxylic acids is 1. The maximum absolute atomic E-state index is 10.6. The smallest absolute Gasteiger partial charge is 0.305 e. The second-order valence-corrected chi connectivity index (χ2v) is 5.05. The molecule has 0 aliphatic carbocycles. The SMILES string of the molecule is CC(C)c1nnc2n1NC(CC(=O)O)CS2. The van der Waals surface area contributed by atoms with Gasteiger partial charge in [-0.2, -0.15) is 0 Å². The van der Waals surface area contributed by atoms with Crippen molar-refractivity contribution in [1.29, 1.82) is 0 Å². The molecule has 16 heavy (non-hydrogen) atoms. The number of aliphatic carboxylic acids is 1. The molecule has 7 heteroatoms. The van der Waals surface area contributed by atoms with E-state index in [1.807, 2.05) is 18.5 Å². The molecule has 2 N–H and O–H groups in total. The lowest BCUT2D eigenvalue weighted by atomic mass is 10.2. The molecule has 0 fully saturated rings. The van der Waals surface area contributed by atoms with Crippen LogP contribution < -0.4 is 5.43 Å². The summed E-state index contributed by atoms with van der Waals surface area (Å²) >= 11 is 1.54. The monoisotopic (exact) mass is 242 g/mol. The Morgan fingerprint density at radius 2 is 2.44 bits per heavy atom. The zero-order valence-corrected chi connectivity index (χ0v) is 9.99. The Morgan fingerprint density at radius 3 is 3.06 bits per heavy atom. The molecule has 1 aromatic heterocycles. The molecule has 1 aromatic rings. The van der Waals surface area contributed by atoms with Crippen LogP contribution in [0.3, 0.4) is 0 Å². The summed E-state index contributed by atoms with van der Waals surface area (Å²) in [4.78, 5) is 10.6. The van der Waals surface area contributed by atoms with Gasteiger partial charge in [-0.05, 0) is 0 Å². The Kier molecular flexibility index (Phi) is 3.04. The molecule has 0 bridgehead atoms. The van der Waals surface area contributed by atoms with Crippen molar-refractivity contribution in [3.05, 3.63) is 5.82 Å². The lowest BCUT2D eigenvalue weighted by molar-refractivity contribution is -0.137. The van der Waals surface area contributed by atoms with E-state index in [9.17, 15) is 4.79 Å². The number of hydrogen-bond acceptors (Lipinski definition) is 5. The van der Waals surface area contributed by atoms with Crippen LogP contribution in [0.25, 0.3) is 0 Å². The Morgan fingerprint density at radius 1 is 1.69 bits per heavy atom. The second kappa shape index (κ2) is 4.32. The Labute approximate surface area is 97.4 Å². The number of hydrogen-bond donors (Lipinski definition) is 2. The average Bonchev–Trinajstić information content (AvgIpc) is 2.59. The molecular formula is C9H14N4O2S. The van der Waals surface area contributed by atoms with E-state index in [4.69, 9.17) is 5.11 Å². The van der Waals surface area contributed by atoms with Gasteiger partial charge in [0.2, 0.25) is 5.16 Å². The number of fused-ring (bicyclic) bond motifs is 1. The van der Waals surface area contributed by atoms with Crippen LogP contribution in [-0.4, -0.2) is 37.7 Å². The highest BCUT2D eigenvalue weighted by atomic mass is 32.2. The van der Waals surface area contributed by atoms with Gasteiger partial charge in [0, 0.05) is 11.7 Å². The van der Waals surface area contributed by atoms with Crippen molar-refractivity contribution in [3.8, 4) is 0 Å². The fourth-order valence-electron chi connectivity index (χ4n) is 1.58. The quantitative estimate of drug-likeness (QED) is 0.819. The summed E-state index contributed by atoms with van der Waals surface area (Å²) < 4.78 is 1.81. The van der Waals surface area contributed by atoms with Gasteiger partial charge in [-0.1, -0.05) is 25.6 Å². The van der Waals surface area contributed by atoms with Crippen LogP contribution in [0.2, 0.25) is 0 Å². The third-order valence-corrected chi connectivity index (χ3v) is 3.41. The van der Waals surface area contributed by atoms with E-state index in [0.29, 0.717) is 5.75 Å². The number of nitrogens with one attached hydrogen (secondary N) is 1. The van der Waals surface area contributed by atoms with E-state index >= 15 is 0 Å². The zero-order chi connectivity index (χ0) is 11.7. The van der Waals surface area contributed by atoms with Gasteiger partial charge < -0.3 is 10.5 Å². The van der Waals surface area contributed by atoms with Gasteiger partial charge in [0.25, 0.3) is 0 Å². The molecule has 0 amide bonds. The number of nitrogens with zero attached hydrogens (tertiary/aromatic N) is 3. The van der Waals surface area contributed by atoms with E-state index in [0.717, 1.165) is 11.0 Å². The molecule has 0 saturated heterocycles. The van der Waals surface area contributed by atoms with Crippen molar-refractivity contribution in [1.82, 2.24) is 14.9 Å². The predicted molar refractivity (Wildman–Crippen MR) is 60.2 cm³/mol. The van der Waals surface area contributed by atoms with Crippen LogP contribution in [-0.2, 0) is 4.79 Å². The molecule has 0 aromatic carbocycles. The molecule has 0 spiro atoms. The summed E-state index contributed by atoms with van der Waals surface area (Å²) in [6, 6.07) is -0.0662. The van der Waals surface area contributed by atoms with Gasteiger partial charge in [0.15, 0.2) is 5.82 Å². The van der Waals surface area contributed by atoms with Crippen LogP contribution >= 0.6 is 11.8 Å². The minimum atomic E-state index is -0.791. The zero-order valence-electron chi connectivity index (χ0n) is 9.17. The fraction of sp³-hybridized carbons (Fsp3) is 0.667. The van der Waals surface area contributed by atoms with Gasteiger partial charge in [-0.3, -0.25) is 4.79 Å².